The summed E-state index contributed by atoms with van der Waals surface area (Å²) < 4.78 is 22.7. The highest BCUT2D eigenvalue weighted by molar-refractivity contribution is 6.34. The van der Waals surface area contributed by atoms with Crippen molar-refractivity contribution in [1.82, 2.24) is 0 Å². The first-order chi connectivity index (χ1) is 6.11. The number of hydrogen-bond acceptors (Lipinski definition) is 3. The van der Waals surface area contributed by atoms with E-state index in [1.165, 1.54) is 14.2 Å². The van der Waals surface area contributed by atoms with E-state index in [1.54, 1.807) is 0 Å². The highest BCUT2D eigenvalue weighted by Gasteiger charge is 2.16. The van der Waals surface area contributed by atoms with Crippen LogP contribution in [0.4, 0.5) is 10.1 Å². The summed E-state index contributed by atoms with van der Waals surface area (Å²) in [4.78, 5) is 0. The molecule has 0 saturated heterocycles. The van der Waals surface area contributed by atoms with Gasteiger partial charge >= 0.3 is 0 Å². The smallest absolute Gasteiger partial charge is 0.177 e. The van der Waals surface area contributed by atoms with E-state index in [1.807, 2.05) is 0 Å². The molecule has 13 heavy (non-hydrogen) atoms. The second kappa shape index (κ2) is 3.70. The zero-order chi connectivity index (χ0) is 10.0. The van der Waals surface area contributed by atoms with Gasteiger partial charge in [0.1, 0.15) is 5.02 Å². The van der Waals surface area contributed by atoms with Crippen molar-refractivity contribution in [1.29, 1.82) is 0 Å². The van der Waals surface area contributed by atoms with Gasteiger partial charge in [0, 0.05) is 6.07 Å². The molecule has 1 rings (SSSR count). The average Bonchev–Trinajstić information content (AvgIpc) is 2.04. The summed E-state index contributed by atoms with van der Waals surface area (Å²) in [7, 11) is 2.72. The van der Waals surface area contributed by atoms with Crippen LogP contribution in [0.3, 0.4) is 0 Å². The maximum atomic E-state index is 13.1. The molecule has 0 aliphatic carbocycles. The van der Waals surface area contributed by atoms with Gasteiger partial charge in [0.25, 0.3) is 0 Å². The van der Waals surface area contributed by atoms with E-state index in [0.29, 0.717) is 0 Å². The average molecular weight is 206 g/mol. The molecule has 0 heterocycles. The summed E-state index contributed by atoms with van der Waals surface area (Å²) in [6, 6.07) is 1.10. The van der Waals surface area contributed by atoms with E-state index in [4.69, 9.17) is 26.8 Å². The van der Waals surface area contributed by atoms with Crippen molar-refractivity contribution in [3.8, 4) is 11.5 Å². The normalized spacial score (nSPS) is 9.85. The molecule has 0 unspecified atom stereocenters. The van der Waals surface area contributed by atoms with E-state index in [-0.39, 0.29) is 22.2 Å². The Balaban J connectivity index is 3.39. The Hall–Kier alpha value is -1.16. The van der Waals surface area contributed by atoms with E-state index in [2.05, 4.69) is 0 Å². The first kappa shape index (κ1) is 9.92. The van der Waals surface area contributed by atoms with Gasteiger partial charge in [-0.25, -0.2) is 4.39 Å². The van der Waals surface area contributed by atoms with Gasteiger partial charge in [-0.1, -0.05) is 11.6 Å². The largest absolute Gasteiger partial charge is 0.493 e. The first-order valence-electron chi connectivity index (χ1n) is 3.47. The molecule has 0 aliphatic heterocycles. The van der Waals surface area contributed by atoms with E-state index >= 15 is 0 Å². The lowest BCUT2D eigenvalue weighted by molar-refractivity contribution is 0.375. The van der Waals surface area contributed by atoms with Gasteiger partial charge in [-0.3, -0.25) is 0 Å². The van der Waals surface area contributed by atoms with Crippen molar-refractivity contribution in [2.24, 2.45) is 0 Å². The lowest BCUT2D eigenvalue weighted by Crippen LogP contribution is -1.98. The third-order valence-electron chi connectivity index (χ3n) is 1.57. The molecule has 0 amide bonds. The van der Waals surface area contributed by atoms with E-state index in [0.717, 1.165) is 6.07 Å². The number of benzene rings is 1. The van der Waals surface area contributed by atoms with Gasteiger partial charge in [0.2, 0.25) is 0 Å². The number of anilines is 1. The second-order valence-electron chi connectivity index (χ2n) is 2.33. The van der Waals surface area contributed by atoms with Gasteiger partial charge in [0.05, 0.1) is 19.9 Å². The fraction of sp³-hybridized carbons (Fsp3) is 0.250. The molecule has 1 aromatic rings. The Morgan fingerprint density at radius 3 is 2.31 bits per heavy atom. The minimum absolute atomic E-state index is 0.0440. The molecule has 2 N–H and O–H groups in total. The standard InChI is InChI=1S/C8H9ClFNO2/c1-12-7-4(10)3-5(11)8(13-2)6(7)9/h3H,11H2,1-2H3. The van der Waals surface area contributed by atoms with Crippen molar-refractivity contribution in [3.63, 3.8) is 0 Å². The Bertz CT molecular complexity index is 302. The van der Waals surface area contributed by atoms with E-state index < -0.39 is 5.82 Å². The van der Waals surface area contributed by atoms with Crippen molar-refractivity contribution in [2.45, 2.75) is 0 Å². The summed E-state index contributed by atoms with van der Waals surface area (Å²) in [5.74, 6) is -0.446. The van der Waals surface area contributed by atoms with Crippen LogP contribution in [0.25, 0.3) is 0 Å². The maximum absolute atomic E-state index is 13.1. The Labute approximate surface area is 80.2 Å². The van der Waals surface area contributed by atoms with Crippen LogP contribution in [0.2, 0.25) is 5.02 Å². The minimum atomic E-state index is -0.606. The fourth-order valence-corrected chi connectivity index (χ4v) is 1.35. The number of ether oxygens (including phenoxy) is 2. The van der Waals surface area contributed by atoms with E-state index in [9.17, 15) is 4.39 Å². The molecule has 0 aromatic heterocycles. The summed E-state index contributed by atoms with van der Waals surface area (Å²) in [5, 5.41) is 0.0440. The van der Waals surface area contributed by atoms with Crippen molar-refractivity contribution in [2.75, 3.05) is 20.0 Å². The predicted molar refractivity (Wildman–Crippen MR) is 48.9 cm³/mol. The zero-order valence-electron chi connectivity index (χ0n) is 7.23. The van der Waals surface area contributed by atoms with Gasteiger partial charge in [-0.15, -0.1) is 0 Å². The molecule has 1 aromatic carbocycles. The molecule has 5 heteroatoms. The molecule has 0 bridgehead atoms. The summed E-state index contributed by atoms with van der Waals surface area (Å²) >= 11 is 5.75. The molecule has 0 saturated carbocycles. The fourth-order valence-electron chi connectivity index (χ4n) is 0.997. The topological polar surface area (TPSA) is 44.5 Å². The molecular weight excluding hydrogens is 197 g/mol. The quantitative estimate of drug-likeness (QED) is 0.752. The number of methoxy groups -OCH3 is 2. The number of rotatable bonds is 2. The third kappa shape index (κ3) is 1.62. The molecule has 0 spiro atoms. The second-order valence-corrected chi connectivity index (χ2v) is 2.71. The van der Waals surface area contributed by atoms with Gasteiger partial charge in [0.15, 0.2) is 17.3 Å². The molecule has 3 nitrogen and oxygen atoms in total. The Morgan fingerprint density at radius 2 is 1.85 bits per heavy atom. The highest BCUT2D eigenvalue weighted by Crippen LogP contribution is 2.40. The number of nitrogens with two attached hydrogens (primary N) is 1. The third-order valence-corrected chi connectivity index (χ3v) is 1.91. The Kier molecular flexibility index (Phi) is 2.83. The van der Waals surface area contributed by atoms with Crippen LogP contribution in [0.5, 0.6) is 11.5 Å². The van der Waals surface area contributed by atoms with Crippen LogP contribution in [0, 0.1) is 5.82 Å². The molecular formula is C8H9ClFNO2. The molecule has 0 atom stereocenters. The Morgan fingerprint density at radius 1 is 1.31 bits per heavy atom. The number of hydrogen-bond donors (Lipinski definition) is 1. The van der Waals surface area contributed by atoms with Gasteiger partial charge in [-0.2, -0.15) is 0 Å². The maximum Gasteiger partial charge on any atom is 0.177 e. The van der Waals surface area contributed by atoms with Crippen molar-refractivity contribution in [3.05, 3.63) is 16.9 Å². The SMILES string of the molecule is COc1c(N)cc(F)c(OC)c1Cl. The highest BCUT2D eigenvalue weighted by atomic mass is 35.5. The summed E-state index contributed by atoms with van der Waals surface area (Å²) in [6.07, 6.45) is 0. The van der Waals surface area contributed by atoms with Crippen LogP contribution < -0.4 is 15.2 Å². The van der Waals surface area contributed by atoms with Crippen LogP contribution in [0.15, 0.2) is 6.07 Å². The predicted octanol–water partition coefficient (Wildman–Crippen LogP) is 2.08. The van der Waals surface area contributed by atoms with Crippen molar-refractivity contribution >= 4 is 17.3 Å². The lowest BCUT2D eigenvalue weighted by Gasteiger charge is -2.10. The number of halogens is 2. The van der Waals surface area contributed by atoms with Crippen molar-refractivity contribution < 1.29 is 13.9 Å². The summed E-state index contributed by atoms with van der Waals surface area (Å²) in [6.45, 7) is 0. The van der Waals surface area contributed by atoms with Gasteiger partial charge in [-0.05, 0) is 0 Å². The van der Waals surface area contributed by atoms with Gasteiger partial charge < -0.3 is 15.2 Å². The minimum Gasteiger partial charge on any atom is -0.493 e. The summed E-state index contributed by atoms with van der Waals surface area (Å²) in [5.41, 5.74) is 5.60. The molecule has 0 fully saturated rings. The van der Waals surface area contributed by atoms with Crippen LogP contribution in [-0.4, -0.2) is 14.2 Å². The first-order valence-corrected chi connectivity index (χ1v) is 3.85. The molecule has 0 aliphatic rings. The van der Waals surface area contributed by atoms with Crippen LogP contribution in [0.1, 0.15) is 0 Å². The van der Waals surface area contributed by atoms with Crippen LogP contribution in [-0.2, 0) is 0 Å². The zero-order valence-corrected chi connectivity index (χ0v) is 7.98. The van der Waals surface area contributed by atoms with Crippen LogP contribution >= 0.6 is 11.6 Å². The molecule has 0 radical (unpaired) electrons. The molecule has 72 valence electrons. The monoisotopic (exact) mass is 205 g/mol. The lowest BCUT2D eigenvalue weighted by atomic mass is 10.2. The number of nitrogen functional groups attached to an aromatic ring is 1.